The molecular weight excluding hydrogens is 339 g/mol. The first-order valence-electron chi connectivity index (χ1n) is 8.56. The lowest BCUT2D eigenvalue weighted by Crippen LogP contribution is -2.44. The number of nitriles is 1. The first kappa shape index (κ1) is 23.4. The van der Waals surface area contributed by atoms with Crippen molar-refractivity contribution in [3.8, 4) is 6.07 Å². The molecule has 2 N–H and O–H groups in total. The van der Waals surface area contributed by atoms with E-state index < -0.39 is 18.3 Å². The Balaban J connectivity index is 0.000000430. The van der Waals surface area contributed by atoms with E-state index in [2.05, 4.69) is 24.0 Å². The second-order valence-corrected chi connectivity index (χ2v) is 6.52. The molecule has 7 heteroatoms. The Kier molecular flexibility index (Phi) is 12.7. The second-order valence-electron chi connectivity index (χ2n) is 5.25. The number of amides is 1. The first-order valence-corrected chi connectivity index (χ1v) is 9.71. The average Bonchev–Trinajstić information content (AvgIpc) is 3.03. The van der Waals surface area contributed by atoms with Crippen LogP contribution in [-0.4, -0.2) is 46.3 Å². The second kappa shape index (κ2) is 13.6. The molecule has 0 saturated carbocycles. The highest BCUT2D eigenvalue weighted by Crippen LogP contribution is 2.20. The Bertz CT molecular complexity index is 522. The largest absolute Gasteiger partial charge is 0.322 e. The Labute approximate surface area is 154 Å². The van der Waals surface area contributed by atoms with E-state index in [1.807, 2.05) is 44.1 Å². The summed E-state index contributed by atoms with van der Waals surface area (Å²) < 4.78 is 12.8. The first-order chi connectivity index (χ1) is 12.0. The number of carbonyl (C=O) groups excluding carboxylic acids is 1. The zero-order valence-corrected chi connectivity index (χ0v) is 16.3. The van der Waals surface area contributed by atoms with Crippen LogP contribution in [0.15, 0.2) is 24.5 Å². The summed E-state index contributed by atoms with van der Waals surface area (Å²) in [5.74, 6) is 1.94. The molecule has 0 spiro atoms. The highest BCUT2D eigenvalue weighted by atomic mass is 32.2. The highest BCUT2D eigenvalue weighted by molar-refractivity contribution is 7.98. The van der Waals surface area contributed by atoms with Gasteiger partial charge in [0, 0.05) is 24.6 Å². The fourth-order valence-electron chi connectivity index (χ4n) is 2.11. The number of carbonyl (C=O) groups is 1. The molecule has 2 heterocycles. The highest BCUT2D eigenvalue weighted by Gasteiger charge is 2.36. The van der Waals surface area contributed by atoms with Gasteiger partial charge in [0.15, 0.2) is 0 Å². The van der Waals surface area contributed by atoms with E-state index in [1.165, 1.54) is 23.1 Å². The van der Waals surface area contributed by atoms with Crippen molar-refractivity contribution in [2.24, 2.45) is 5.73 Å². The van der Waals surface area contributed by atoms with Crippen LogP contribution < -0.4 is 5.73 Å². The number of pyridine rings is 1. The van der Waals surface area contributed by atoms with Crippen molar-refractivity contribution in [3.63, 3.8) is 0 Å². The van der Waals surface area contributed by atoms with Gasteiger partial charge in [-0.05, 0) is 30.4 Å². The van der Waals surface area contributed by atoms with Crippen molar-refractivity contribution in [2.75, 3.05) is 12.3 Å². The lowest BCUT2D eigenvalue weighted by Gasteiger charge is -2.20. The van der Waals surface area contributed by atoms with Gasteiger partial charge in [0.25, 0.3) is 0 Å². The predicted molar refractivity (Wildman–Crippen MR) is 102 cm³/mol. The van der Waals surface area contributed by atoms with Gasteiger partial charge in [-0.1, -0.05) is 20.8 Å². The van der Waals surface area contributed by atoms with E-state index >= 15 is 0 Å². The minimum absolute atomic E-state index is 0.00139. The van der Waals surface area contributed by atoms with E-state index in [-0.39, 0.29) is 18.9 Å². The number of hydrogen-bond donors (Lipinski definition) is 1. The third-order valence-corrected chi connectivity index (χ3v) is 4.24. The number of likely N-dealkylation sites (tertiary alicyclic amines) is 1. The molecule has 1 aliphatic heterocycles. The molecule has 3 unspecified atom stereocenters. The molecule has 25 heavy (non-hydrogen) atoms. The van der Waals surface area contributed by atoms with Gasteiger partial charge in [-0.3, -0.25) is 9.78 Å². The van der Waals surface area contributed by atoms with E-state index in [0.29, 0.717) is 0 Å². The van der Waals surface area contributed by atoms with Gasteiger partial charge < -0.3 is 10.6 Å². The Morgan fingerprint density at radius 3 is 2.60 bits per heavy atom. The minimum atomic E-state index is -1.09. The van der Waals surface area contributed by atoms with Gasteiger partial charge >= 0.3 is 0 Å². The summed E-state index contributed by atoms with van der Waals surface area (Å²) >= 11 is 1.93. The van der Waals surface area contributed by atoms with Crippen LogP contribution in [0.1, 0.15) is 39.7 Å². The van der Waals surface area contributed by atoms with E-state index in [4.69, 9.17) is 11.0 Å². The number of alkyl halides is 1. The van der Waals surface area contributed by atoms with Crippen molar-refractivity contribution in [2.45, 2.75) is 58.1 Å². The van der Waals surface area contributed by atoms with Gasteiger partial charge in [-0.25, -0.2) is 4.39 Å². The zero-order valence-electron chi connectivity index (χ0n) is 15.5. The van der Waals surface area contributed by atoms with E-state index in [9.17, 15) is 9.18 Å². The van der Waals surface area contributed by atoms with Crippen molar-refractivity contribution >= 4 is 17.7 Å². The van der Waals surface area contributed by atoms with Crippen LogP contribution in [0.2, 0.25) is 0 Å². The van der Waals surface area contributed by atoms with Crippen LogP contribution in [0.4, 0.5) is 4.39 Å². The third kappa shape index (κ3) is 8.84. The van der Waals surface area contributed by atoms with Gasteiger partial charge in [-0.15, -0.1) is 0 Å². The molecule has 1 aromatic rings. The normalized spacial score (nSPS) is 19.6. The lowest BCUT2D eigenvalue weighted by molar-refractivity contribution is -0.132. The number of nitrogens with two attached hydrogens (primary N) is 1. The van der Waals surface area contributed by atoms with Crippen molar-refractivity contribution in [1.29, 1.82) is 5.26 Å². The maximum atomic E-state index is 12.8. The quantitative estimate of drug-likeness (QED) is 0.882. The molecule has 0 aliphatic carbocycles. The molecular formula is C18H29FN4OS. The summed E-state index contributed by atoms with van der Waals surface area (Å²) in [6.07, 6.45) is 2.69. The summed E-state index contributed by atoms with van der Waals surface area (Å²) in [4.78, 5) is 16.5. The van der Waals surface area contributed by atoms with Gasteiger partial charge in [0.1, 0.15) is 12.2 Å². The molecule has 5 nitrogen and oxygen atoms in total. The lowest BCUT2D eigenvalue weighted by atomic mass is 10.2. The molecule has 3 atom stereocenters. The zero-order chi connectivity index (χ0) is 19.2. The van der Waals surface area contributed by atoms with Crippen LogP contribution >= 0.6 is 11.8 Å². The van der Waals surface area contributed by atoms with Gasteiger partial charge in [-0.2, -0.15) is 17.0 Å². The van der Waals surface area contributed by atoms with Crippen LogP contribution in [0, 0.1) is 11.3 Å². The molecule has 1 aromatic heterocycles. The molecule has 1 amide bonds. The summed E-state index contributed by atoms with van der Waals surface area (Å²) in [6, 6.07) is 4.70. The SMILES string of the molecule is CC.CC(N)C(=O)N1CC(F)CC1C#N.CCSCc1ccncc1. The summed E-state index contributed by atoms with van der Waals surface area (Å²) in [7, 11) is 0. The maximum Gasteiger partial charge on any atom is 0.240 e. The summed E-state index contributed by atoms with van der Waals surface area (Å²) in [6.45, 7) is 7.70. The van der Waals surface area contributed by atoms with E-state index in [1.54, 1.807) is 0 Å². The molecule has 1 saturated heterocycles. The molecule has 0 radical (unpaired) electrons. The van der Waals surface area contributed by atoms with Crippen LogP contribution in [-0.2, 0) is 10.5 Å². The van der Waals surface area contributed by atoms with Crippen molar-refractivity contribution < 1.29 is 9.18 Å². The van der Waals surface area contributed by atoms with Gasteiger partial charge in [0.2, 0.25) is 5.91 Å². The number of rotatable bonds is 4. The van der Waals surface area contributed by atoms with Crippen LogP contribution in [0.25, 0.3) is 0 Å². The summed E-state index contributed by atoms with van der Waals surface area (Å²) in [5.41, 5.74) is 6.72. The molecule has 2 rings (SSSR count). The Morgan fingerprint density at radius 2 is 2.12 bits per heavy atom. The fraction of sp³-hybridized carbons (Fsp3) is 0.611. The Morgan fingerprint density at radius 1 is 1.52 bits per heavy atom. The average molecular weight is 369 g/mol. The van der Waals surface area contributed by atoms with Crippen LogP contribution in [0.3, 0.4) is 0 Å². The fourth-order valence-corrected chi connectivity index (χ4v) is 2.74. The minimum Gasteiger partial charge on any atom is -0.322 e. The number of thioether (sulfide) groups is 1. The van der Waals surface area contributed by atoms with Crippen LogP contribution in [0.5, 0.6) is 0 Å². The number of nitrogens with zero attached hydrogens (tertiary/aromatic N) is 3. The Hall–Kier alpha value is -1.65. The van der Waals surface area contributed by atoms with Crippen molar-refractivity contribution in [3.05, 3.63) is 30.1 Å². The molecule has 1 aliphatic rings. The number of aromatic nitrogens is 1. The maximum absolute atomic E-state index is 12.8. The van der Waals surface area contributed by atoms with Crippen molar-refractivity contribution in [1.82, 2.24) is 9.88 Å². The standard InChI is InChI=1S/C8H12FN3O.C8H11NS.C2H6/c1-5(11)8(13)12-4-6(9)2-7(12)3-10;1-2-10-7-8-3-5-9-6-4-8;1-2/h5-7H,2,4,11H2,1H3;3-6H,2,7H2,1H3;1-2H3. The van der Waals surface area contributed by atoms with E-state index in [0.717, 1.165) is 5.75 Å². The molecule has 0 aromatic carbocycles. The number of hydrogen-bond acceptors (Lipinski definition) is 5. The third-order valence-electron chi connectivity index (χ3n) is 3.29. The topological polar surface area (TPSA) is 83.0 Å². The van der Waals surface area contributed by atoms with Gasteiger partial charge in [0.05, 0.1) is 18.7 Å². The molecule has 140 valence electrons. The number of halogens is 1. The monoisotopic (exact) mass is 368 g/mol. The summed E-state index contributed by atoms with van der Waals surface area (Å²) in [5, 5.41) is 8.63. The molecule has 0 bridgehead atoms. The smallest absolute Gasteiger partial charge is 0.240 e. The molecule has 1 fully saturated rings. The predicted octanol–water partition coefficient (Wildman–Crippen LogP) is 3.16.